The fourth-order valence-electron chi connectivity index (χ4n) is 2.67. The van der Waals surface area contributed by atoms with E-state index in [0.717, 1.165) is 25.7 Å². The van der Waals surface area contributed by atoms with Crippen molar-refractivity contribution in [1.82, 2.24) is 10.6 Å². The molecule has 4 N–H and O–H groups in total. The van der Waals surface area contributed by atoms with E-state index in [9.17, 15) is 9.59 Å². The Hall–Kier alpha value is -1.10. The molecule has 0 aromatic carbocycles. The molecule has 1 fully saturated rings. The minimum atomic E-state index is -0.479. The van der Waals surface area contributed by atoms with E-state index in [0.29, 0.717) is 12.5 Å². The molecule has 5 nitrogen and oxygen atoms in total. The average Bonchev–Trinajstić information content (AvgIpc) is 2.37. The number of nitrogens with one attached hydrogen (secondary N) is 2. The van der Waals surface area contributed by atoms with Gasteiger partial charge in [-0.25, -0.2) is 0 Å². The molecule has 1 aliphatic carbocycles. The van der Waals surface area contributed by atoms with Crippen molar-refractivity contribution in [2.45, 2.75) is 58.5 Å². The lowest BCUT2D eigenvalue weighted by Crippen LogP contribution is -2.48. The summed E-state index contributed by atoms with van der Waals surface area (Å²) in [5.41, 5.74) is 5.96. The summed E-state index contributed by atoms with van der Waals surface area (Å²) in [6.45, 7) is 6.08. The summed E-state index contributed by atoms with van der Waals surface area (Å²) in [5, 5.41) is 5.49. The molecule has 1 saturated carbocycles. The highest BCUT2D eigenvalue weighted by molar-refractivity contribution is 5.88. The maximum absolute atomic E-state index is 12.1. The van der Waals surface area contributed by atoms with Crippen molar-refractivity contribution in [1.29, 1.82) is 0 Å². The van der Waals surface area contributed by atoms with Gasteiger partial charge in [-0.3, -0.25) is 9.59 Å². The van der Waals surface area contributed by atoms with E-state index in [1.54, 1.807) is 6.92 Å². The van der Waals surface area contributed by atoms with Gasteiger partial charge in [0.2, 0.25) is 11.8 Å². The molecule has 4 unspecified atom stereocenters. The lowest BCUT2D eigenvalue weighted by Gasteiger charge is -2.31. The van der Waals surface area contributed by atoms with Crippen LogP contribution < -0.4 is 16.4 Å². The van der Waals surface area contributed by atoms with Gasteiger partial charge in [-0.15, -0.1) is 0 Å². The summed E-state index contributed by atoms with van der Waals surface area (Å²) in [4.78, 5) is 23.7. The molecule has 0 saturated heterocycles. The van der Waals surface area contributed by atoms with Crippen molar-refractivity contribution in [2.24, 2.45) is 17.6 Å². The molecule has 5 heteroatoms. The highest BCUT2D eigenvalue weighted by Gasteiger charge is 2.29. The van der Waals surface area contributed by atoms with E-state index in [2.05, 4.69) is 10.6 Å². The van der Waals surface area contributed by atoms with Crippen LogP contribution in [0.3, 0.4) is 0 Å². The second-order valence-corrected chi connectivity index (χ2v) is 5.60. The first-order valence-corrected chi connectivity index (χ1v) is 7.29. The lowest BCUT2D eigenvalue weighted by molar-refractivity contribution is -0.131. The third kappa shape index (κ3) is 4.82. The number of hydrogen-bond donors (Lipinski definition) is 3. The van der Waals surface area contributed by atoms with Crippen LogP contribution in [0.2, 0.25) is 0 Å². The molecule has 0 bridgehead atoms. The van der Waals surface area contributed by atoms with E-state index in [1.165, 1.54) is 0 Å². The molecule has 0 spiro atoms. The summed E-state index contributed by atoms with van der Waals surface area (Å²) in [6, 6.07) is -0.262. The van der Waals surface area contributed by atoms with Crippen molar-refractivity contribution in [3.05, 3.63) is 0 Å². The van der Waals surface area contributed by atoms with Gasteiger partial charge >= 0.3 is 0 Å². The largest absolute Gasteiger partial charge is 0.355 e. The number of rotatable bonds is 5. The molecule has 0 radical (unpaired) electrons. The molecule has 0 heterocycles. The van der Waals surface area contributed by atoms with Gasteiger partial charge < -0.3 is 16.4 Å². The van der Waals surface area contributed by atoms with E-state index in [-0.39, 0.29) is 23.8 Å². The van der Waals surface area contributed by atoms with Crippen LogP contribution in [-0.4, -0.2) is 30.4 Å². The topological polar surface area (TPSA) is 84.2 Å². The Kier molecular flexibility index (Phi) is 6.28. The molecule has 0 aromatic rings. The number of carbonyl (C=O) groups is 2. The van der Waals surface area contributed by atoms with Crippen LogP contribution in [0.15, 0.2) is 0 Å². The SMILES string of the molecule is CCNC(=O)C(C)NC(=O)C(C)C1CCCC(N)C1. The third-order valence-electron chi connectivity index (χ3n) is 3.98. The van der Waals surface area contributed by atoms with E-state index < -0.39 is 6.04 Å². The molecular formula is C14H27N3O2. The number of nitrogens with two attached hydrogens (primary N) is 1. The van der Waals surface area contributed by atoms with Crippen molar-refractivity contribution < 1.29 is 9.59 Å². The molecule has 0 aliphatic heterocycles. The van der Waals surface area contributed by atoms with Crippen molar-refractivity contribution in [2.75, 3.05) is 6.54 Å². The molecule has 19 heavy (non-hydrogen) atoms. The molecule has 2 amide bonds. The lowest BCUT2D eigenvalue weighted by atomic mass is 9.78. The number of hydrogen-bond acceptors (Lipinski definition) is 3. The Morgan fingerprint density at radius 1 is 1.26 bits per heavy atom. The van der Waals surface area contributed by atoms with Gasteiger partial charge in [-0.2, -0.15) is 0 Å². The molecular weight excluding hydrogens is 242 g/mol. The van der Waals surface area contributed by atoms with Crippen molar-refractivity contribution >= 4 is 11.8 Å². The minimum Gasteiger partial charge on any atom is -0.355 e. The van der Waals surface area contributed by atoms with Gasteiger partial charge in [0.25, 0.3) is 0 Å². The molecule has 4 atom stereocenters. The van der Waals surface area contributed by atoms with Crippen LogP contribution >= 0.6 is 0 Å². The monoisotopic (exact) mass is 269 g/mol. The standard InChI is InChI=1S/C14H27N3O2/c1-4-16-14(19)10(3)17-13(18)9(2)11-6-5-7-12(15)8-11/h9-12H,4-8,15H2,1-3H3,(H,16,19)(H,17,18). The first-order chi connectivity index (χ1) is 8.95. The molecule has 1 rings (SSSR count). The summed E-state index contributed by atoms with van der Waals surface area (Å²) >= 11 is 0. The maximum Gasteiger partial charge on any atom is 0.242 e. The molecule has 0 aromatic heterocycles. The van der Waals surface area contributed by atoms with Crippen LogP contribution in [0, 0.1) is 11.8 Å². The van der Waals surface area contributed by atoms with Gasteiger partial charge in [0, 0.05) is 18.5 Å². The summed E-state index contributed by atoms with van der Waals surface area (Å²) < 4.78 is 0. The number of amides is 2. The van der Waals surface area contributed by atoms with E-state index in [1.807, 2.05) is 13.8 Å². The first-order valence-electron chi connectivity index (χ1n) is 7.29. The predicted octanol–water partition coefficient (Wildman–Crippen LogP) is 0.781. The Labute approximate surface area is 115 Å². The van der Waals surface area contributed by atoms with Gasteiger partial charge in [0.1, 0.15) is 6.04 Å². The van der Waals surface area contributed by atoms with E-state index in [4.69, 9.17) is 5.73 Å². The van der Waals surface area contributed by atoms with Crippen molar-refractivity contribution in [3.63, 3.8) is 0 Å². The van der Waals surface area contributed by atoms with Gasteiger partial charge in [-0.05, 0) is 39.0 Å². The van der Waals surface area contributed by atoms with Gasteiger partial charge in [0.05, 0.1) is 0 Å². The highest BCUT2D eigenvalue weighted by atomic mass is 16.2. The number of carbonyl (C=O) groups excluding carboxylic acids is 2. The predicted molar refractivity (Wildman–Crippen MR) is 75.4 cm³/mol. The van der Waals surface area contributed by atoms with Crippen molar-refractivity contribution in [3.8, 4) is 0 Å². The smallest absolute Gasteiger partial charge is 0.242 e. The Morgan fingerprint density at radius 2 is 1.95 bits per heavy atom. The Morgan fingerprint density at radius 3 is 2.53 bits per heavy atom. The average molecular weight is 269 g/mol. The normalized spacial score (nSPS) is 26.3. The fourth-order valence-corrected chi connectivity index (χ4v) is 2.67. The van der Waals surface area contributed by atoms with Crippen LogP contribution in [0.5, 0.6) is 0 Å². The summed E-state index contributed by atoms with van der Waals surface area (Å²) in [5.74, 6) is 0.0784. The third-order valence-corrected chi connectivity index (χ3v) is 3.98. The Bertz CT molecular complexity index is 320. The van der Waals surface area contributed by atoms with E-state index >= 15 is 0 Å². The maximum atomic E-state index is 12.1. The van der Waals surface area contributed by atoms with Crippen LogP contribution in [0.1, 0.15) is 46.5 Å². The van der Waals surface area contributed by atoms with Gasteiger partial charge in [0.15, 0.2) is 0 Å². The summed E-state index contributed by atoms with van der Waals surface area (Å²) in [6.07, 6.45) is 4.11. The van der Waals surface area contributed by atoms with Crippen LogP contribution in [-0.2, 0) is 9.59 Å². The fraction of sp³-hybridized carbons (Fsp3) is 0.857. The number of likely N-dealkylation sites (N-methyl/N-ethyl adjacent to an activating group) is 1. The van der Waals surface area contributed by atoms with Crippen LogP contribution in [0.4, 0.5) is 0 Å². The zero-order chi connectivity index (χ0) is 14.4. The Balaban J connectivity index is 2.45. The zero-order valence-corrected chi connectivity index (χ0v) is 12.2. The zero-order valence-electron chi connectivity index (χ0n) is 12.2. The van der Waals surface area contributed by atoms with Gasteiger partial charge in [-0.1, -0.05) is 13.3 Å². The summed E-state index contributed by atoms with van der Waals surface area (Å²) in [7, 11) is 0. The molecule has 110 valence electrons. The quantitative estimate of drug-likeness (QED) is 0.689. The highest BCUT2D eigenvalue weighted by Crippen LogP contribution is 2.29. The first kappa shape index (κ1) is 16.0. The van der Waals surface area contributed by atoms with Crippen LogP contribution in [0.25, 0.3) is 0 Å². The second-order valence-electron chi connectivity index (χ2n) is 5.60. The molecule has 1 aliphatic rings. The second kappa shape index (κ2) is 7.48. The minimum absolute atomic E-state index is 0.0437.